The molecule has 32 heavy (non-hydrogen) atoms. The first-order valence-corrected chi connectivity index (χ1v) is 11.7. The van der Waals surface area contributed by atoms with E-state index >= 15 is 0 Å². The number of nitrogen functional groups attached to an aromatic ring is 1. The van der Waals surface area contributed by atoms with Crippen LogP contribution < -0.4 is 20.5 Å². The number of hydrogen-bond acceptors (Lipinski definition) is 6. The molecule has 170 valence electrons. The number of aromatic amines is 1. The van der Waals surface area contributed by atoms with Crippen LogP contribution in [0.25, 0.3) is 0 Å². The van der Waals surface area contributed by atoms with Crippen LogP contribution in [0.2, 0.25) is 15.2 Å². The maximum absolute atomic E-state index is 15.0. The number of H-pyrrole nitrogens is 1. The van der Waals surface area contributed by atoms with Gasteiger partial charge in [-0.15, -0.1) is 0 Å². The van der Waals surface area contributed by atoms with E-state index in [2.05, 4.69) is 20.0 Å². The Morgan fingerprint density at radius 2 is 1.97 bits per heavy atom. The summed E-state index contributed by atoms with van der Waals surface area (Å²) >= 11 is 17.9. The van der Waals surface area contributed by atoms with Crippen molar-refractivity contribution in [3.05, 3.63) is 62.6 Å². The smallest absolute Gasteiger partial charge is 0.273 e. The predicted octanol–water partition coefficient (Wildman–Crippen LogP) is 4.19. The molecule has 9 nitrogen and oxygen atoms in total. The summed E-state index contributed by atoms with van der Waals surface area (Å²) in [7, 11) is -3.63. The third-order valence-electron chi connectivity index (χ3n) is 3.84. The van der Waals surface area contributed by atoms with Gasteiger partial charge >= 0.3 is 0 Å². The molecule has 0 saturated heterocycles. The number of rotatable bonds is 7. The van der Waals surface area contributed by atoms with Crippen LogP contribution in [-0.4, -0.2) is 30.5 Å². The highest BCUT2D eigenvalue weighted by Gasteiger charge is 2.20. The lowest BCUT2D eigenvalue weighted by molar-refractivity contribution is 0.0946. The lowest BCUT2D eigenvalue weighted by Gasteiger charge is -2.13. The number of amides is 1. The van der Waals surface area contributed by atoms with Crippen molar-refractivity contribution >= 4 is 62.4 Å². The van der Waals surface area contributed by atoms with E-state index in [9.17, 15) is 17.6 Å². The fourth-order valence-electron chi connectivity index (χ4n) is 2.55. The summed E-state index contributed by atoms with van der Waals surface area (Å²) in [5.41, 5.74) is 5.79. The molecule has 0 fully saturated rings. The summed E-state index contributed by atoms with van der Waals surface area (Å²) in [6, 6.07) is 7.13. The minimum absolute atomic E-state index is 0.0111. The molecule has 3 aromatic rings. The molecule has 0 unspecified atom stereocenters. The summed E-state index contributed by atoms with van der Waals surface area (Å²) in [5, 5.41) is 2.52. The van der Waals surface area contributed by atoms with Gasteiger partial charge in [-0.05, 0) is 18.2 Å². The fraction of sp³-hybridized carbons (Fsp3) is 0.111. The van der Waals surface area contributed by atoms with Crippen molar-refractivity contribution in [3.63, 3.8) is 0 Å². The Balaban J connectivity index is 1.77. The van der Waals surface area contributed by atoms with Crippen molar-refractivity contribution in [1.29, 1.82) is 0 Å². The van der Waals surface area contributed by atoms with Crippen LogP contribution in [0.15, 0.2) is 30.3 Å². The number of nitrogens with two attached hydrogens (primary N) is 1. The molecule has 1 aromatic heterocycles. The number of halogens is 4. The fourth-order valence-corrected chi connectivity index (χ4v) is 3.63. The number of hydrogen-bond donors (Lipinski definition) is 4. The first-order valence-electron chi connectivity index (χ1n) is 8.65. The topological polar surface area (TPSA) is 139 Å². The Labute approximate surface area is 197 Å². The van der Waals surface area contributed by atoms with Gasteiger partial charge in [-0.1, -0.05) is 40.9 Å². The Morgan fingerprint density at radius 1 is 1.25 bits per heavy atom. The summed E-state index contributed by atoms with van der Waals surface area (Å²) < 4.78 is 45.1. The Bertz CT molecular complexity index is 1280. The standard InChI is InChI=1S/C18H15Cl3FN5O4S/c1-32(29,30)27-18-25-14(16(21)26-18)17(28)24-7-8-2-3-12(20)15(13(8)22)31-11-5-9(19)4-10(23)6-11/h2-6H,7,23H2,1H3,(H,24,28)(H2,25,26,27). The van der Waals surface area contributed by atoms with Crippen LogP contribution in [0.1, 0.15) is 16.1 Å². The number of nitrogens with one attached hydrogen (secondary N) is 3. The molecule has 0 spiro atoms. The minimum atomic E-state index is -3.63. The monoisotopic (exact) mass is 521 g/mol. The van der Waals surface area contributed by atoms with Gasteiger partial charge in [0.2, 0.25) is 16.0 Å². The van der Waals surface area contributed by atoms with Gasteiger partial charge < -0.3 is 20.8 Å². The van der Waals surface area contributed by atoms with Gasteiger partial charge in [-0.2, -0.15) is 0 Å². The number of benzene rings is 2. The van der Waals surface area contributed by atoms with Crippen LogP contribution in [0.4, 0.5) is 16.0 Å². The van der Waals surface area contributed by atoms with Crippen molar-refractivity contribution in [1.82, 2.24) is 15.3 Å². The Kier molecular flexibility index (Phi) is 7.03. The number of sulfonamides is 1. The zero-order valence-corrected chi connectivity index (χ0v) is 19.3. The van der Waals surface area contributed by atoms with Crippen molar-refractivity contribution in [2.24, 2.45) is 0 Å². The maximum atomic E-state index is 15.0. The third kappa shape index (κ3) is 5.94. The number of carbonyl (C=O) groups excluding carboxylic acids is 1. The average Bonchev–Trinajstić information content (AvgIpc) is 3.01. The van der Waals surface area contributed by atoms with Crippen LogP contribution in [-0.2, 0) is 16.6 Å². The van der Waals surface area contributed by atoms with Gasteiger partial charge in [-0.3, -0.25) is 9.52 Å². The Hall–Kier alpha value is -2.73. The minimum Gasteiger partial charge on any atom is -0.453 e. The third-order valence-corrected chi connectivity index (χ3v) is 5.19. The molecule has 0 bridgehead atoms. The summed E-state index contributed by atoms with van der Waals surface area (Å²) in [4.78, 5) is 18.6. The van der Waals surface area contributed by atoms with Crippen LogP contribution in [0, 0.1) is 5.82 Å². The van der Waals surface area contributed by atoms with Gasteiger partial charge in [0.25, 0.3) is 5.91 Å². The Morgan fingerprint density at radius 3 is 2.62 bits per heavy atom. The molecule has 0 radical (unpaired) electrons. The number of nitrogens with zero attached hydrogens (tertiary/aromatic N) is 1. The van der Waals surface area contributed by atoms with Crippen LogP contribution in [0.3, 0.4) is 0 Å². The molecule has 1 heterocycles. The van der Waals surface area contributed by atoms with E-state index in [1.807, 2.05) is 0 Å². The van der Waals surface area contributed by atoms with Gasteiger partial charge in [0.05, 0.1) is 11.3 Å². The molecular weight excluding hydrogens is 508 g/mol. The zero-order chi connectivity index (χ0) is 23.6. The zero-order valence-electron chi connectivity index (χ0n) is 16.2. The molecule has 3 rings (SSSR count). The van der Waals surface area contributed by atoms with E-state index in [4.69, 9.17) is 45.3 Å². The molecule has 0 aliphatic carbocycles. The number of ether oxygens (including phenoxy) is 1. The lowest BCUT2D eigenvalue weighted by Crippen LogP contribution is -2.24. The summed E-state index contributed by atoms with van der Waals surface area (Å²) in [6.45, 7) is -0.270. The summed E-state index contributed by atoms with van der Waals surface area (Å²) in [6.07, 6.45) is 0.907. The van der Waals surface area contributed by atoms with E-state index in [-0.39, 0.29) is 45.4 Å². The maximum Gasteiger partial charge on any atom is 0.273 e. The molecule has 0 saturated carbocycles. The van der Waals surface area contributed by atoms with Gasteiger partial charge in [0.15, 0.2) is 17.3 Å². The predicted molar refractivity (Wildman–Crippen MR) is 121 cm³/mol. The van der Waals surface area contributed by atoms with E-state index in [0.29, 0.717) is 10.7 Å². The average molecular weight is 523 g/mol. The highest BCUT2D eigenvalue weighted by Crippen LogP contribution is 2.35. The molecule has 0 atom stereocenters. The summed E-state index contributed by atoms with van der Waals surface area (Å²) in [5.74, 6) is -1.93. The number of aromatic nitrogens is 2. The van der Waals surface area contributed by atoms with Crippen LogP contribution >= 0.6 is 34.8 Å². The van der Waals surface area contributed by atoms with Crippen molar-refractivity contribution in [3.8, 4) is 11.5 Å². The van der Waals surface area contributed by atoms with Crippen molar-refractivity contribution in [2.75, 3.05) is 16.7 Å². The quantitative estimate of drug-likeness (QED) is 0.343. The molecule has 5 N–H and O–H groups in total. The number of carbonyl (C=O) groups is 1. The first-order chi connectivity index (χ1) is 14.9. The lowest BCUT2D eigenvalue weighted by atomic mass is 10.2. The molecule has 0 aliphatic rings. The SMILES string of the molecule is CS(=O)(=O)Nc1nc(C(=O)NCc2ccc(Cl)c(Oc3cc(N)cc(Cl)c3)c2F)c(Cl)[nH]1. The molecule has 2 aromatic carbocycles. The van der Waals surface area contributed by atoms with Crippen LogP contribution in [0.5, 0.6) is 11.5 Å². The van der Waals surface area contributed by atoms with Gasteiger partial charge in [0.1, 0.15) is 10.9 Å². The highest BCUT2D eigenvalue weighted by molar-refractivity contribution is 7.92. The largest absolute Gasteiger partial charge is 0.453 e. The number of anilines is 2. The second kappa shape index (κ2) is 9.41. The normalized spacial score (nSPS) is 11.3. The van der Waals surface area contributed by atoms with Gasteiger partial charge in [0, 0.05) is 28.9 Å². The van der Waals surface area contributed by atoms with E-state index in [0.717, 1.165) is 6.26 Å². The van der Waals surface area contributed by atoms with Crippen molar-refractivity contribution < 1.29 is 22.3 Å². The number of imidazole rings is 1. The molecular formula is C18H15Cl3FN5O4S. The molecule has 1 amide bonds. The van der Waals surface area contributed by atoms with E-state index in [1.165, 1.54) is 30.3 Å². The van der Waals surface area contributed by atoms with Crippen molar-refractivity contribution in [2.45, 2.75) is 6.54 Å². The first kappa shape index (κ1) is 23.9. The van der Waals surface area contributed by atoms with Gasteiger partial charge in [-0.25, -0.2) is 17.8 Å². The molecule has 14 heteroatoms. The highest BCUT2D eigenvalue weighted by atomic mass is 35.5. The second-order valence-corrected chi connectivity index (χ2v) is 9.45. The second-order valence-electron chi connectivity index (χ2n) is 6.48. The molecule has 0 aliphatic heterocycles. The van der Waals surface area contributed by atoms with E-state index < -0.39 is 21.7 Å². The van der Waals surface area contributed by atoms with E-state index in [1.54, 1.807) is 0 Å².